The molecule has 0 aliphatic heterocycles. The van der Waals surface area contributed by atoms with Crippen molar-refractivity contribution in [2.75, 3.05) is 0 Å². The largest absolute Gasteiger partial charge is 0.508 e. The van der Waals surface area contributed by atoms with E-state index in [-0.39, 0.29) is 32.8 Å². The van der Waals surface area contributed by atoms with Gasteiger partial charge in [0, 0.05) is 6.07 Å². The van der Waals surface area contributed by atoms with Gasteiger partial charge in [-0.05, 0) is 42.0 Å². The molecule has 0 fully saturated rings. The standard InChI is InChI=1S/C21H14O6S/c22-15-8-6-14(7-9-15)19-13-26-20-12-16(10-11-18(20)21(19)23)27-28(24,25)17-4-2-1-3-5-17/h1-13,22H. The van der Waals surface area contributed by atoms with Crippen LogP contribution in [-0.4, -0.2) is 13.5 Å². The van der Waals surface area contributed by atoms with Gasteiger partial charge in [0.2, 0.25) is 0 Å². The minimum absolute atomic E-state index is 0.0271. The summed E-state index contributed by atoms with van der Waals surface area (Å²) in [5.74, 6) is 0.132. The molecule has 1 aromatic heterocycles. The smallest absolute Gasteiger partial charge is 0.339 e. The molecule has 0 unspecified atom stereocenters. The molecular weight excluding hydrogens is 380 g/mol. The molecule has 0 atom stereocenters. The van der Waals surface area contributed by atoms with E-state index >= 15 is 0 Å². The molecule has 0 amide bonds. The normalized spacial score (nSPS) is 11.4. The average molecular weight is 394 g/mol. The molecule has 0 radical (unpaired) electrons. The van der Waals surface area contributed by atoms with E-state index in [2.05, 4.69) is 0 Å². The van der Waals surface area contributed by atoms with Gasteiger partial charge < -0.3 is 13.7 Å². The van der Waals surface area contributed by atoms with Gasteiger partial charge in [-0.3, -0.25) is 4.79 Å². The first-order valence-corrected chi connectivity index (χ1v) is 9.69. The number of phenolic OH excluding ortho intramolecular Hbond substituents is 1. The second-order valence-corrected chi connectivity index (χ2v) is 7.58. The summed E-state index contributed by atoms with van der Waals surface area (Å²) in [6, 6.07) is 18.2. The summed E-state index contributed by atoms with van der Waals surface area (Å²) < 4.78 is 35.4. The number of benzene rings is 3. The average Bonchev–Trinajstić information content (AvgIpc) is 2.69. The van der Waals surface area contributed by atoms with Crippen molar-refractivity contribution in [3.8, 4) is 22.6 Å². The molecule has 0 spiro atoms. The number of phenols is 1. The van der Waals surface area contributed by atoms with Crippen LogP contribution in [0.25, 0.3) is 22.1 Å². The van der Waals surface area contributed by atoms with Crippen LogP contribution >= 0.6 is 0 Å². The molecule has 4 aromatic rings. The van der Waals surface area contributed by atoms with Crippen LogP contribution in [0.4, 0.5) is 0 Å². The van der Waals surface area contributed by atoms with Crippen LogP contribution in [0.5, 0.6) is 11.5 Å². The van der Waals surface area contributed by atoms with Crippen molar-refractivity contribution in [1.29, 1.82) is 0 Å². The summed E-state index contributed by atoms with van der Waals surface area (Å²) in [6.45, 7) is 0. The Balaban J connectivity index is 1.72. The minimum atomic E-state index is -3.99. The lowest BCUT2D eigenvalue weighted by Gasteiger charge is -2.08. The van der Waals surface area contributed by atoms with Gasteiger partial charge >= 0.3 is 10.1 Å². The third kappa shape index (κ3) is 3.35. The molecule has 3 aromatic carbocycles. The maximum absolute atomic E-state index is 12.8. The summed E-state index contributed by atoms with van der Waals surface area (Å²) in [4.78, 5) is 12.8. The Morgan fingerprint density at radius 1 is 0.893 bits per heavy atom. The van der Waals surface area contributed by atoms with Crippen LogP contribution in [0.2, 0.25) is 0 Å². The Labute approximate surface area is 160 Å². The molecule has 0 saturated heterocycles. The molecule has 0 bridgehead atoms. The van der Waals surface area contributed by atoms with Crippen LogP contribution in [0.3, 0.4) is 0 Å². The predicted molar refractivity (Wildman–Crippen MR) is 104 cm³/mol. The predicted octanol–water partition coefficient (Wildman–Crippen LogP) is 3.93. The summed E-state index contributed by atoms with van der Waals surface area (Å²) in [5.41, 5.74) is 0.858. The van der Waals surface area contributed by atoms with Crippen molar-refractivity contribution in [3.05, 3.63) is 89.3 Å². The Morgan fingerprint density at radius 3 is 2.32 bits per heavy atom. The molecule has 4 rings (SSSR count). The van der Waals surface area contributed by atoms with Gasteiger partial charge in [-0.2, -0.15) is 8.42 Å². The van der Waals surface area contributed by atoms with Gasteiger partial charge in [0.05, 0.1) is 10.9 Å². The lowest BCUT2D eigenvalue weighted by molar-refractivity contribution is 0.475. The number of aromatic hydroxyl groups is 1. The lowest BCUT2D eigenvalue weighted by Crippen LogP contribution is -2.10. The fraction of sp³-hybridized carbons (Fsp3) is 0. The van der Waals surface area contributed by atoms with Crippen LogP contribution in [0.1, 0.15) is 0 Å². The zero-order chi connectivity index (χ0) is 19.7. The SMILES string of the molecule is O=c1c(-c2ccc(O)cc2)coc2cc(OS(=O)(=O)c3ccccc3)ccc12. The van der Waals surface area contributed by atoms with Crippen molar-refractivity contribution in [2.45, 2.75) is 4.90 Å². The molecule has 28 heavy (non-hydrogen) atoms. The Morgan fingerprint density at radius 2 is 1.61 bits per heavy atom. The van der Waals surface area contributed by atoms with Crippen LogP contribution in [0, 0.1) is 0 Å². The molecular formula is C21H14O6S. The first kappa shape index (κ1) is 17.8. The zero-order valence-electron chi connectivity index (χ0n) is 14.4. The molecule has 0 saturated carbocycles. The summed E-state index contributed by atoms with van der Waals surface area (Å²) >= 11 is 0. The summed E-state index contributed by atoms with van der Waals surface area (Å²) in [5, 5.41) is 9.67. The van der Waals surface area contributed by atoms with Crippen LogP contribution in [0.15, 0.2) is 93.2 Å². The molecule has 1 heterocycles. The fourth-order valence-corrected chi connectivity index (χ4v) is 3.71. The Hall–Kier alpha value is -3.58. The second-order valence-electron chi connectivity index (χ2n) is 6.03. The van der Waals surface area contributed by atoms with E-state index in [4.69, 9.17) is 8.60 Å². The number of rotatable bonds is 4. The van der Waals surface area contributed by atoms with E-state index in [1.165, 1.54) is 48.7 Å². The third-order valence-electron chi connectivity index (χ3n) is 4.16. The van der Waals surface area contributed by atoms with Crippen LogP contribution in [-0.2, 0) is 10.1 Å². The molecule has 0 aliphatic rings. The first-order chi connectivity index (χ1) is 13.4. The molecule has 7 heteroatoms. The van der Waals surface area contributed by atoms with E-state index < -0.39 is 10.1 Å². The van der Waals surface area contributed by atoms with Gasteiger partial charge in [-0.15, -0.1) is 0 Å². The minimum Gasteiger partial charge on any atom is -0.508 e. The lowest BCUT2D eigenvalue weighted by atomic mass is 10.1. The van der Waals surface area contributed by atoms with Crippen molar-refractivity contribution >= 4 is 21.1 Å². The maximum atomic E-state index is 12.8. The highest BCUT2D eigenvalue weighted by Crippen LogP contribution is 2.26. The summed E-state index contributed by atoms with van der Waals surface area (Å²) in [7, 11) is -3.99. The molecule has 6 nitrogen and oxygen atoms in total. The third-order valence-corrected chi connectivity index (χ3v) is 5.42. The topological polar surface area (TPSA) is 93.8 Å². The molecule has 0 aliphatic carbocycles. The number of fused-ring (bicyclic) bond motifs is 1. The van der Waals surface area contributed by atoms with Crippen molar-refractivity contribution in [2.24, 2.45) is 0 Å². The first-order valence-electron chi connectivity index (χ1n) is 8.28. The zero-order valence-corrected chi connectivity index (χ0v) is 15.2. The van der Waals surface area contributed by atoms with E-state index in [1.807, 2.05) is 0 Å². The highest BCUT2D eigenvalue weighted by molar-refractivity contribution is 7.87. The van der Waals surface area contributed by atoms with E-state index in [0.717, 1.165) is 0 Å². The molecule has 140 valence electrons. The van der Waals surface area contributed by atoms with Gasteiger partial charge in [0.15, 0.2) is 5.43 Å². The van der Waals surface area contributed by atoms with Gasteiger partial charge in [-0.1, -0.05) is 30.3 Å². The highest BCUT2D eigenvalue weighted by Gasteiger charge is 2.17. The maximum Gasteiger partial charge on any atom is 0.339 e. The van der Waals surface area contributed by atoms with Gasteiger partial charge in [-0.25, -0.2) is 0 Å². The Kier molecular flexibility index (Phi) is 4.37. The number of hydrogen-bond donors (Lipinski definition) is 1. The monoisotopic (exact) mass is 394 g/mol. The van der Waals surface area contributed by atoms with Gasteiger partial charge in [0.1, 0.15) is 28.2 Å². The second kappa shape index (κ2) is 6.86. The van der Waals surface area contributed by atoms with Crippen LogP contribution < -0.4 is 9.61 Å². The molecule has 1 N–H and O–H groups in total. The van der Waals surface area contributed by atoms with E-state index in [1.54, 1.807) is 30.3 Å². The van der Waals surface area contributed by atoms with Crippen molar-refractivity contribution in [1.82, 2.24) is 0 Å². The quantitative estimate of drug-likeness (QED) is 0.527. The fourth-order valence-electron chi connectivity index (χ4n) is 2.76. The van der Waals surface area contributed by atoms with E-state index in [0.29, 0.717) is 11.1 Å². The van der Waals surface area contributed by atoms with Crippen molar-refractivity contribution < 1.29 is 22.1 Å². The van der Waals surface area contributed by atoms with E-state index in [9.17, 15) is 18.3 Å². The summed E-state index contributed by atoms with van der Waals surface area (Å²) in [6.07, 6.45) is 1.30. The highest BCUT2D eigenvalue weighted by atomic mass is 32.2. The number of hydrogen-bond acceptors (Lipinski definition) is 6. The van der Waals surface area contributed by atoms with Gasteiger partial charge in [0.25, 0.3) is 0 Å². The van der Waals surface area contributed by atoms with Crippen molar-refractivity contribution in [3.63, 3.8) is 0 Å². The Bertz CT molecular complexity index is 1310.